The molecule has 2 aromatic carbocycles. The number of halogens is 3. The lowest BCUT2D eigenvalue weighted by Gasteiger charge is -2.07. The maximum atomic E-state index is 13.4. The van der Waals surface area contributed by atoms with Gasteiger partial charge in [-0.15, -0.1) is 0 Å². The second kappa shape index (κ2) is 5.84. The Bertz CT molecular complexity index is 717. The van der Waals surface area contributed by atoms with Crippen LogP contribution in [0.3, 0.4) is 0 Å². The molecule has 0 unspecified atom stereocenters. The van der Waals surface area contributed by atoms with E-state index in [1.54, 1.807) is 0 Å². The minimum atomic E-state index is -0.952. The Kier molecular flexibility index (Phi) is 4.13. The van der Waals surface area contributed by atoms with Crippen molar-refractivity contribution in [2.75, 3.05) is 5.32 Å². The molecule has 0 bridgehead atoms. The number of nitrogens with one attached hydrogen (secondary N) is 1. The van der Waals surface area contributed by atoms with Crippen LogP contribution in [0.15, 0.2) is 36.4 Å². The van der Waals surface area contributed by atoms with Crippen molar-refractivity contribution in [2.24, 2.45) is 0 Å². The topological polar surface area (TPSA) is 72.2 Å². The van der Waals surface area contributed by atoms with Crippen molar-refractivity contribution >= 4 is 28.9 Å². The molecule has 2 rings (SSSR count). The van der Waals surface area contributed by atoms with Crippen molar-refractivity contribution in [3.05, 3.63) is 68.7 Å². The number of amides is 1. The van der Waals surface area contributed by atoms with Crippen molar-refractivity contribution in [3.63, 3.8) is 0 Å². The van der Waals surface area contributed by atoms with E-state index in [9.17, 15) is 23.7 Å². The number of hydrogen-bond donors (Lipinski definition) is 1. The van der Waals surface area contributed by atoms with Gasteiger partial charge in [0.2, 0.25) is 0 Å². The average molecular weight is 313 g/mol. The van der Waals surface area contributed by atoms with Crippen LogP contribution in [-0.2, 0) is 0 Å². The lowest BCUT2D eigenvalue weighted by molar-refractivity contribution is -0.384. The van der Waals surface area contributed by atoms with E-state index >= 15 is 0 Å². The third-order valence-electron chi connectivity index (χ3n) is 2.61. The zero-order valence-corrected chi connectivity index (χ0v) is 11.0. The number of rotatable bonds is 3. The Morgan fingerprint density at radius 2 is 1.81 bits per heavy atom. The molecule has 0 heterocycles. The summed E-state index contributed by atoms with van der Waals surface area (Å²) in [6, 6.07) is 6.39. The molecule has 0 aliphatic rings. The third-order valence-corrected chi connectivity index (χ3v) is 2.93. The Morgan fingerprint density at radius 1 is 1.19 bits per heavy atom. The lowest BCUT2D eigenvalue weighted by atomic mass is 10.2. The van der Waals surface area contributed by atoms with Crippen molar-refractivity contribution in [1.29, 1.82) is 0 Å². The molecule has 0 aliphatic carbocycles. The molecular formula is C13H7ClF2N2O3. The average Bonchev–Trinajstić information content (AvgIpc) is 2.43. The Hall–Kier alpha value is -2.54. The van der Waals surface area contributed by atoms with E-state index in [0.29, 0.717) is 0 Å². The molecule has 0 spiro atoms. The van der Waals surface area contributed by atoms with Gasteiger partial charge in [0, 0.05) is 11.6 Å². The second-order valence-electron chi connectivity index (χ2n) is 3.97. The quantitative estimate of drug-likeness (QED) is 0.692. The van der Waals surface area contributed by atoms with E-state index in [4.69, 9.17) is 11.6 Å². The first-order chi connectivity index (χ1) is 9.90. The molecule has 8 heteroatoms. The van der Waals surface area contributed by atoms with E-state index in [-0.39, 0.29) is 10.6 Å². The first-order valence-electron chi connectivity index (χ1n) is 5.59. The van der Waals surface area contributed by atoms with Gasteiger partial charge in [0.15, 0.2) is 0 Å². The van der Waals surface area contributed by atoms with Gasteiger partial charge in [0.25, 0.3) is 11.6 Å². The maximum Gasteiger partial charge on any atom is 0.288 e. The minimum absolute atomic E-state index is 0.145. The highest BCUT2D eigenvalue weighted by molar-refractivity contribution is 6.32. The molecule has 2 aromatic rings. The Labute approximate surface area is 122 Å². The van der Waals surface area contributed by atoms with Gasteiger partial charge in [0.05, 0.1) is 4.92 Å². The summed E-state index contributed by atoms with van der Waals surface area (Å²) in [7, 11) is 0. The molecule has 0 aromatic heterocycles. The van der Waals surface area contributed by atoms with Crippen LogP contribution >= 0.6 is 11.6 Å². The number of anilines is 1. The standard InChI is InChI=1S/C13H7ClF2N2O3/c14-8-5-4-7(6-11(8)18(20)21)13(19)17-12-9(15)2-1-3-10(12)16/h1-6H,(H,17,19). The van der Waals surface area contributed by atoms with Crippen LogP contribution in [-0.4, -0.2) is 10.8 Å². The van der Waals surface area contributed by atoms with E-state index in [0.717, 1.165) is 30.3 Å². The molecule has 0 saturated heterocycles. The van der Waals surface area contributed by atoms with Gasteiger partial charge in [-0.3, -0.25) is 14.9 Å². The van der Waals surface area contributed by atoms with Crippen LogP contribution in [0.5, 0.6) is 0 Å². The van der Waals surface area contributed by atoms with Crippen LogP contribution in [0, 0.1) is 21.7 Å². The number of nitrogens with zero attached hydrogens (tertiary/aromatic N) is 1. The molecule has 0 atom stereocenters. The molecule has 0 fully saturated rings. The smallest absolute Gasteiger partial charge is 0.288 e. The number of nitro benzene ring substituents is 1. The molecule has 0 radical (unpaired) electrons. The fourth-order valence-corrected chi connectivity index (χ4v) is 1.78. The predicted molar refractivity (Wildman–Crippen MR) is 72.4 cm³/mol. The first kappa shape index (κ1) is 14.9. The predicted octanol–water partition coefficient (Wildman–Crippen LogP) is 3.78. The van der Waals surface area contributed by atoms with Crippen LogP contribution in [0.2, 0.25) is 5.02 Å². The zero-order chi connectivity index (χ0) is 15.6. The lowest BCUT2D eigenvalue weighted by Crippen LogP contribution is -2.14. The SMILES string of the molecule is O=C(Nc1c(F)cccc1F)c1ccc(Cl)c([N+](=O)[O-])c1. The third kappa shape index (κ3) is 3.14. The summed E-state index contributed by atoms with van der Waals surface area (Å²) in [6.07, 6.45) is 0. The molecular weight excluding hydrogens is 306 g/mol. The number of hydrogen-bond acceptors (Lipinski definition) is 3. The van der Waals surface area contributed by atoms with Crippen molar-refractivity contribution < 1.29 is 18.5 Å². The number of para-hydroxylation sites is 1. The Balaban J connectivity index is 2.33. The van der Waals surface area contributed by atoms with Gasteiger partial charge in [-0.25, -0.2) is 8.78 Å². The fourth-order valence-electron chi connectivity index (χ4n) is 1.60. The zero-order valence-electron chi connectivity index (χ0n) is 10.3. The summed E-state index contributed by atoms with van der Waals surface area (Å²) in [5.41, 5.74) is -1.24. The largest absolute Gasteiger partial charge is 0.317 e. The molecule has 1 amide bonds. The molecule has 0 aliphatic heterocycles. The van der Waals surface area contributed by atoms with Crippen LogP contribution in [0.25, 0.3) is 0 Å². The van der Waals surface area contributed by atoms with E-state index in [2.05, 4.69) is 0 Å². The molecule has 5 nitrogen and oxygen atoms in total. The summed E-state index contributed by atoms with van der Waals surface area (Å²) in [4.78, 5) is 21.9. The Morgan fingerprint density at radius 3 is 2.38 bits per heavy atom. The summed E-state index contributed by atoms with van der Waals surface area (Å²) >= 11 is 5.61. The van der Waals surface area contributed by atoms with E-state index < -0.39 is 33.8 Å². The summed E-state index contributed by atoms with van der Waals surface area (Å²) in [6.45, 7) is 0. The second-order valence-corrected chi connectivity index (χ2v) is 4.38. The van der Waals surface area contributed by atoms with Gasteiger partial charge in [-0.1, -0.05) is 17.7 Å². The highest BCUT2D eigenvalue weighted by atomic mass is 35.5. The van der Waals surface area contributed by atoms with Gasteiger partial charge < -0.3 is 5.32 Å². The monoisotopic (exact) mass is 312 g/mol. The van der Waals surface area contributed by atoms with Gasteiger partial charge >= 0.3 is 0 Å². The number of nitro groups is 1. The molecule has 108 valence electrons. The molecule has 1 N–H and O–H groups in total. The van der Waals surface area contributed by atoms with Gasteiger partial charge in [0.1, 0.15) is 22.3 Å². The summed E-state index contributed by atoms with van der Waals surface area (Å²) in [5, 5.41) is 12.6. The molecule has 0 saturated carbocycles. The fraction of sp³-hybridized carbons (Fsp3) is 0. The normalized spacial score (nSPS) is 10.2. The molecule has 21 heavy (non-hydrogen) atoms. The van der Waals surface area contributed by atoms with Crippen LogP contribution in [0.1, 0.15) is 10.4 Å². The summed E-state index contributed by atoms with van der Waals surface area (Å²) < 4.78 is 26.8. The van der Waals surface area contributed by atoms with Crippen LogP contribution < -0.4 is 5.32 Å². The van der Waals surface area contributed by atoms with Crippen molar-refractivity contribution in [1.82, 2.24) is 0 Å². The van der Waals surface area contributed by atoms with Crippen LogP contribution in [0.4, 0.5) is 20.2 Å². The summed E-state index contributed by atoms with van der Waals surface area (Å²) in [5.74, 6) is -2.79. The van der Waals surface area contributed by atoms with E-state index in [1.807, 2.05) is 5.32 Å². The minimum Gasteiger partial charge on any atom is -0.317 e. The highest BCUT2D eigenvalue weighted by Gasteiger charge is 2.18. The highest BCUT2D eigenvalue weighted by Crippen LogP contribution is 2.26. The maximum absolute atomic E-state index is 13.4. The van der Waals surface area contributed by atoms with Gasteiger partial charge in [-0.05, 0) is 24.3 Å². The first-order valence-corrected chi connectivity index (χ1v) is 5.97. The van der Waals surface area contributed by atoms with Crippen molar-refractivity contribution in [3.8, 4) is 0 Å². The number of carbonyl (C=O) groups excluding carboxylic acids is 1. The van der Waals surface area contributed by atoms with Crippen molar-refractivity contribution in [2.45, 2.75) is 0 Å². The number of benzene rings is 2. The van der Waals surface area contributed by atoms with E-state index in [1.165, 1.54) is 6.07 Å². The van der Waals surface area contributed by atoms with Gasteiger partial charge in [-0.2, -0.15) is 0 Å². The number of carbonyl (C=O) groups is 1.